The predicted molar refractivity (Wildman–Crippen MR) is 68.4 cm³/mol. The van der Waals surface area contributed by atoms with Gasteiger partial charge in [-0.1, -0.05) is 36.7 Å². The van der Waals surface area contributed by atoms with Crippen LogP contribution < -0.4 is 0 Å². The zero-order valence-electron chi connectivity index (χ0n) is 9.74. The molecule has 90 valence electrons. The van der Waals surface area contributed by atoms with Crippen LogP contribution in [0.1, 0.15) is 31.7 Å². The van der Waals surface area contributed by atoms with Crippen molar-refractivity contribution < 1.29 is 9.90 Å². The van der Waals surface area contributed by atoms with E-state index in [-0.39, 0.29) is 0 Å². The molecule has 1 unspecified atom stereocenters. The summed E-state index contributed by atoms with van der Waals surface area (Å²) in [5, 5.41) is 9.96. The van der Waals surface area contributed by atoms with E-state index in [9.17, 15) is 9.90 Å². The van der Waals surface area contributed by atoms with Gasteiger partial charge in [0.2, 0.25) is 0 Å². The van der Waals surface area contributed by atoms with Gasteiger partial charge in [0.15, 0.2) is 0 Å². The Bertz CT molecular complexity index is 479. The second kappa shape index (κ2) is 4.53. The second-order valence-electron chi connectivity index (χ2n) is 4.66. The van der Waals surface area contributed by atoms with Gasteiger partial charge in [-0.25, -0.2) is 4.79 Å². The van der Waals surface area contributed by atoms with Crippen LogP contribution >= 0.6 is 11.6 Å². The quantitative estimate of drug-likeness (QED) is 0.867. The van der Waals surface area contributed by atoms with Gasteiger partial charge in [-0.05, 0) is 37.0 Å². The van der Waals surface area contributed by atoms with Crippen molar-refractivity contribution in [2.75, 3.05) is 0 Å². The summed E-state index contributed by atoms with van der Waals surface area (Å²) in [5.41, 5.74) is 1.05. The number of halogens is 1. The van der Waals surface area contributed by atoms with Crippen LogP contribution in [0.5, 0.6) is 0 Å². The van der Waals surface area contributed by atoms with Gasteiger partial charge in [0.05, 0.1) is 0 Å². The van der Waals surface area contributed by atoms with Gasteiger partial charge in [-0.3, -0.25) is 0 Å². The molecule has 2 rings (SSSR count). The lowest BCUT2D eigenvalue weighted by atomic mass is 9.69. The molecule has 2 nitrogen and oxygen atoms in total. The van der Waals surface area contributed by atoms with E-state index in [4.69, 9.17) is 11.6 Å². The number of carboxylic acids is 1. The predicted octanol–water partition coefficient (Wildman–Crippen LogP) is 3.79. The highest BCUT2D eigenvalue weighted by Gasteiger charge is 2.36. The van der Waals surface area contributed by atoms with Crippen LogP contribution in [0, 0.1) is 0 Å². The molecule has 0 saturated heterocycles. The maximum Gasteiger partial charge on any atom is 0.332 e. The third kappa shape index (κ3) is 2.22. The van der Waals surface area contributed by atoms with Crippen LogP contribution in [-0.2, 0) is 10.2 Å². The highest BCUT2D eigenvalue weighted by molar-refractivity contribution is 6.30. The minimum Gasteiger partial charge on any atom is -0.478 e. The van der Waals surface area contributed by atoms with Crippen molar-refractivity contribution in [1.29, 1.82) is 0 Å². The first kappa shape index (κ1) is 12.2. The van der Waals surface area contributed by atoms with E-state index >= 15 is 0 Å². The molecule has 1 N–H and O–H groups in total. The molecule has 0 fully saturated rings. The zero-order valence-corrected chi connectivity index (χ0v) is 10.5. The van der Waals surface area contributed by atoms with Crippen molar-refractivity contribution in [3.63, 3.8) is 0 Å². The van der Waals surface area contributed by atoms with Gasteiger partial charge in [-0.15, -0.1) is 0 Å². The summed E-state index contributed by atoms with van der Waals surface area (Å²) in [4.78, 5) is 11.3. The Morgan fingerprint density at radius 1 is 1.47 bits per heavy atom. The number of allylic oxidation sites excluding steroid dienone is 1. The Morgan fingerprint density at radius 3 is 2.88 bits per heavy atom. The molecule has 1 aliphatic rings. The van der Waals surface area contributed by atoms with Gasteiger partial charge >= 0.3 is 5.97 Å². The summed E-state index contributed by atoms with van der Waals surface area (Å²) in [7, 11) is 0. The number of carbonyl (C=O) groups is 1. The van der Waals surface area contributed by atoms with Crippen molar-refractivity contribution in [1.82, 2.24) is 0 Å². The van der Waals surface area contributed by atoms with E-state index in [0.717, 1.165) is 24.8 Å². The highest BCUT2D eigenvalue weighted by Crippen LogP contribution is 2.41. The molecule has 0 spiro atoms. The average molecular weight is 251 g/mol. The fourth-order valence-electron chi connectivity index (χ4n) is 2.52. The van der Waals surface area contributed by atoms with Crippen molar-refractivity contribution in [3.8, 4) is 0 Å². The number of hydrogen-bond donors (Lipinski definition) is 1. The maximum absolute atomic E-state index is 11.3. The Kier molecular flexibility index (Phi) is 3.25. The van der Waals surface area contributed by atoms with E-state index in [2.05, 4.69) is 0 Å². The molecule has 0 saturated carbocycles. The Hall–Kier alpha value is -1.28. The molecule has 3 heteroatoms. The summed E-state index contributed by atoms with van der Waals surface area (Å²) in [6.45, 7) is 1.98. The third-order valence-electron chi connectivity index (χ3n) is 3.52. The van der Waals surface area contributed by atoms with Gasteiger partial charge in [-0.2, -0.15) is 0 Å². The van der Waals surface area contributed by atoms with Gasteiger partial charge < -0.3 is 5.11 Å². The van der Waals surface area contributed by atoms with Gasteiger partial charge in [0, 0.05) is 16.0 Å². The van der Waals surface area contributed by atoms with E-state index in [1.165, 1.54) is 0 Å². The lowest BCUT2D eigenvalue weighted by Crippen LogP contribution is -2.31. The lowest BCUT2D eigenvalue weighted by molar-refractivity contribution is -0.133. The standard InChI is InChI=1S/C14H15ClO2/c1-14(10-5-4-6-11(15)9-10)8-3-2-7-12(14)13(16)17/h4-7,9H,2-3,8H2,1H3,(H,16,17). The van der Waals surface area contributed by atoms with E-state index < -0.39 is 11.4 Å². The number of rotatable bonds is 2. The summed E-state index contributed by atoms with van der Waals surface area (Å²) >= 11 is 5.99. The van der Waals surface area contributed by atoms with Crippen molar-refractivity contribution in [2.45, 2.75) is 31.6 Å². The minimum atomic E-state index is -0.827. The third-order valence-corrected chi connectivity index (χ3v) is 3.75. The van der Waals surface area contributed by atoms with Crippen LogP contribution in [0.3, 0.4) is 0 Å². The lowest BCUT2D eigenvalue weighted by Gasteiger charge is -2.34. The molecule has 0 radical (unpaired) electrons. The fourth-order valence-corrected chi connectivity index (χ4v) is 2.71. The van der Waals surface area contributed by atoms with Crippen LogP contribution in [0.25, 0.3) is 0 Å². The van der Waals surface area contributed by atoms with Crippen LogP contribution in [-0.4, -0.2) is 11.1 Å². The largest absolute Gasteiger partial charge is 0.478 e. The first-order chi connectivity index (χ1) is 8.04. The molecule has 1 aliphatic carbocycles. The molecule has 0 amide bonds. The van der Waals surface area contributed by atoms with Crippen LogP contribution in [0.2, 0.25) is 5.02 Å². The number of benzene rings is 1. The van der Waals surface area contributed by atoms with E-state index in [0.29, 0.717) is 10.6 Å². The van der Waals surface area contributed by atoms with E-state index in [1.807, 2.05) is 31.2 Å². The molecule has 0 bridgehead atoms. The first-order valence-electron chi connectivity index (χ1n) is 5.74. The SMILES string of the molecule is CC1(c2cccc(Cl)c2)CCCC=C1C(=O)O. The average Bonchev–Trinajstić information content (AvgIpc) is 2.29. The second-order valence-corrected chi connectivity index (χ2v) is 5.09. The first-order valence-corrected chi connectivity index (χ1v) is 6.12. The van der Waals surface area contributed by atoms with Crippen molar-refractivity contribution in [3.05, 3.63) is 46.5 Å². The van der Waals surface area contributed by atoms with Gasteiger partial charge in [0.1, 0.15) is 0 Å². The summed E-state index contributed by atoms with van der Waals surface area (Å²) in [6, 6.07) is 7.50. The molecule has 1 aromatic rings. The van der Waals surface area contributed by atoms with Crippen LogP contribution in [0.4, 0.5) is 0 Å². The number of hydrogen-bond acceptors (Lipinski definition) is 1. The zero-order chi connectivity index (χ0) is 12.5. The monoisotopic (exact) mass is 250 g/mol. The smallest absolute Gasteiger partial charge is 0.332 e. The van der Waals surface area contributed by atoms with E-state index in [1.54, 1.807) is 6.07 Å². The van der Waals surface area contributed by atoms with Crippen molar-refractivity contribution in [2.24, 2.45) is 0 Å². The fraction of sp³-hybridized carbons (Fsp3) is 0.357. The summed E-state index contributed by atoms with van der Waals surface area (Å²) in [6.07, 6.45) is 4.55. The molecule has 0 heterocycles. The molecular weight excluding hydrogens is 236 g/mol. The Morgan fingerprint density at radius 2 is 2.24 bits per heavy atom. The molecule has 17 heavy (non-hydrogen) atoms. The maximum atomic E-state index is 11.3. The number of carboxylic acid groups (broad SMARTS) is 1. The van der Waals surface area contributed by atoms with Crippen LogP contribution in [0.15, 0.2) is 35.9 Å². The number of aliphatic carboxylic acids is 1. The minimum absolute atomic E-state index is 0.422. The topological polar surface area (TPSA) is 37.3 Å². The molecular formula is C14H15ClO2. The molecule has 0 aromatic heterocycles. The highest BCUT2D eigenvalue weighted by atomic mass is 35.5. The van der Waals surface area contributed by atoms with Crippen molar-refractivity contribution >= 4 is 17.6 Å². The summed E-state index contributed by atoms with van der Waals surface area (Å²) < 4.78 is 0. The molecule has 0 aliphatic heterocycles. The summed E-state index contributed by atoms with van der Waals surface area (Å²) in [5.74, 6) is -0.827. The Balaban J connectivity index is 2.50. The molecule has 1 atom stereocenters. The Labute approximate surface area is 106 Å². The van der Waals surface area contributed by atoms with Gasteiger partial charge in [0.25, 0.3) is 0 Å². The molecule has 1 aromatic carbocycles. The normalized spacial score (nSPS) is 24.2.